The maximum atomic E-state index is 10.2. The second-order valence-electron chi connectivity index (χ2n) is 10.3. The maximum absolute atomic E-state index is 10.2. The van der Waals surface area contributed by atoms with Crippen molar-refractivity contribution in [3.8, 4) is 0 Å². The predicted octanol–water partition coefficient (Wildman–Crippen LogP) is 3.54. The van der Waals surface area contributed by atoms with Crippen molar-refractivity contribution in [1.29, 1.82) is 0 Å². The van der Waals surface area contributed by atoms with Crippen molar-refractivity contribution in [3.05, 3.63) is 11.6 Å². The largest absolute Gasteiger partial charge is 0.396 e. The third-order valence-electron chi connectivity index (χ3n) is 9.40. The van der Waals surface area contributed by atoms with E-state index in [-0.39, 0.29) is 17.6 Å². The van der Waals surface area contributed by atoms with Crippen molar-refractivity contribution >= 4 is 0 Å². The summed E-state index contributed by atoms with van der Waals surface area (Å²) >= 11 is 0. The topological polar surface area (TPSA) is 53.0 Å². The molecule has 3 saturated carbocycles. The Morgan fingerprint density at radius 1 is 1.16 bits per heavy atom. The second-order valence-corrected chi connectivity index (χ2v) is 10.3. The molecule has 0 aromatic heterocycles. The molecule has 5 unspecified atom stereocenters. The summed E-state index contributed by atoms with van der Waals surface area (Å²) in [5.74, 6) is 3.25. The molecule has 0 bridgehead atoms. The molecule has 2 N–H and O–H groups in total. The van der Waals surface area contributed by atoms with Crippen LogP contribution in [0.25, 0.3) is 0 Å². The van der Waals surface area contributed by atoms with Crippen LogP contribution in [-0.4, -0.2) is 35.1 Å². The minimum atomic E-state index is -0.264. The van der Waals surface area contributed by atoms with Crippen molar-refractivity contribution in [2.45, 2.75) is 77.6 Å². The molecule has 0 spiro atoms. The molecule has 3 heteroatoms. The maximum Gasteiger partial charge on any atom is 0.106 e. The highest BCUT2D eigenvalue weighted by Gasteiger charge is 2.68. The van der Waals surface area contributed by atoms with Crippen LogP contribution in [0.4, 0.5) is 0 Å². The van der Waals surface area contributed by atoms with Gasteiger partial charge in [-0.15, -0.1) is 0 Å². The first kappa shape index (κ1) is 16.8. The molecule has 4 fully saturated rings. The van der Waals surface area contributed by atoms with Crippen molar-refractivity contribution < 1.29 is 14.9 Å². The monoisotopic (exact) mass is 346 g/mol. The van der Waals surface area contributed by atoms with Crippen LogP contribution in [0.3, 0.4) is 0 Å². The highest BCUT2D eigenvalue weighted by atomic mass is 16.6. The van der Waals surface area contributed by atoms with E-state index < -0.39 is 0 Å². The Morgan fingerprint density at radius 2 is 1.96 bits per heavy atom. The van der Waals surface area contributed by atoms with Crippen LogP contribution in [0.1, 0.15) is 59.3 Å². The molecule has 1 saturated heterocycles. The minimum absolute atomic E-state index is 0.240. The molecule has 10 atom stereocenters. The normalized spacial score (nSPS) is 57.6. The standard InChI is InChI=1S/C22H34O3/c1-12(11-23)14-4-5-15-18-16(7-9-21(14,15)2)22(3)8-6-13(24)10-17(22)19-20(18)25-19/h10,12-16,18-20,23-24H,4-9,11H2,1-3H3/t12-,13?,14?,15?,16?,18?,19-,20+,21-,22-/m1/s1. The number of ether oxygens (including phenoxy) is 1. The van der Waals surface area contributed by atoms with Gasteiger partial charge in [0.05, 0.1) is 12.2 Å². The van der Waals surface area contributed by atoms with E-state index in [0.29, 0.717) is 35.9 Å². The number of hydrogen-bond acceptors (Lipinski definition) is 3. The van der Waals surface area contributed by atoms with Gasteiger partial charge in [-0.2, -0.15) is 0 Å². The van der Waals surface area contributed by atoms with E-state index in [1.165, 1.54) is 31.3 Å². The van der Waals surface area contributed by atoms with E-state index in [1.807, 2.05) is 0 Å². The van der Waals surface area contributed by atoms with Crippen molar-refractivity contribution in [2.24, 2.45) is 40.4 Å². The average Bonchev–Trinajstić information content (AvgIpc) is 3.30. The third kappa shape index (κ3) is 2.09. The lowest BCUT2D eigenvalue weighted by Gasteiger charge is -2.57. The van der Waals surface area contributed by atoms with Gasteiger partial charge in [0.1, 0.15) is 6.10 Å². The molecule has 25 heavy (non-hydrogen) atoms. The van der Waals surface area contributed by atoms with Crippen LogP contribution in [0, 0.1) is 40.4 Å². The summed E-state index contributed by atoms with van der Waals surface area (Å²) in [6.45, 7) is 7.55. The number of aliphatic hydroxyl groups excluding tert-OH is 2. The van der Waals surface area contributed by atoms with E-state index in [1.54, 1.807) is 0 Å². The fourth-order valence-electron chi connectivity index (χ4n) is 8.06. The van der Waals surface area contributed by atoms with Gasteiger partial charge in [0.25, 0.3) is 0 Å². The van der Waals surface area contributed by atoms with Crippen LogP contribution in [0.5, 0.6) is 0 Å². The molecule has 5 rings (SSSR count). The Balaban J connectivity index is 1.50. The Kier molecular flexibility index (Phi) is 3.57. The van der Waals surface area contributed by atoms with Gasteiger partial charge in [-0.25, -0.2) is 0 Å². The predicted molar refractivity (Wildman–Crippen MR) is 96.9 cm³/mol. The Morgan fingerprint density at radius 3 is 2.72 bits per heavy atom. The van der Waals surface area contributed by atoms with Gasteiger partial charge in [-0.05, 0) is 84.5 Å². The molecule has 3 nitrogen and oxygen atoms in total. The van der Waals surface area contributed by atoms with Gasteiger partial charge in [0, 0.05) is 6.61 Å². The quantitative estimate of drug-likeness (QED) is 0.594. The minimum Gasteiger partial charge on any atom is -0.396 e. The van der Waals surface area contributed by atoms with Crippen molar-refractivity contribution in [3.63, 3.8) is 0 Å². The van der Waals surface area contributed by atoms with Crippen LogP contribution < -0.4 is 0 Å². The Labute approximate surface area is 151 Å². The summed E-state index contributed by atoms with van der Waals surface area (Å²) in [5.41, 5.74) is 2.05. The first-order valence-electron chi connectivity index (χ1n) is 10.6. The molecule has 0 amide bonds. The van der Waals surface area contributed by atoms with Crippen LogP contribution in [0.2, 0.25) is 0 Å². The first-order valence-corrected chi connectivity index (χ1v) is 10.6. The number of fused-ring (bicyclic) bond motifs is 8. The number of rotatable bonds is 2. The average molecular weight is 347 g/mol. The number of aliphatic hydroxyl groups is 2. The first-order chi connectivity index (χ1) is 11.9. The lowest BCUT2D eigenvalue weighted by Crippen LogP contribution is -2.54. The summed E-state index contributed by atoms with van der Waals surface area (Å²) in [6, 6.07) is 0. The zero-order valence-corrected chi connectivity index (χ0v) is 15.9. The molecule has 140 valence electrons. The van der Waals surface area contributed by atoms with Gasteiger partial charge in [-0.1, -0.05) is 26.8 Å². The fraction of sp³-hybridized carbons (Fsp3) is 0.909. The zero-order valence-electron chi connectivity index (χ0n) is 15.9. The highest BCUT2D eigenvalue weighted by molar-refractivity contribution is 5.35. The summed E-state index contributed by atoms with van der Waals surface area (Å²) in [5, 5.41) is 19.9. The molecule has 5 aliphatic rings. The molecule has 1 heterocycles. The SMILES string of the molecule is C[C@H](CO)C1CCC2C3C(CC[C@@]21C)[C@@]1(C)CCC(O)C=C1[C@H]1O[C@@H]31. The van der Waals surface area contributed by atoms with Gasteiger partial charge in [0.15, 0.2) is 0 Å². The molecular weight excluding hydrogens is 312 g/mol. The van der Waals surface area contributed by atoms with Crippen molar-refractivity contribution in [1.82, 2.24) is 0 Å². The van der Waals surface area contributed by atoms with E-state index in [9.17, 15) is 10.2 Å². The van der Waals surface area contributed by atoms with Crippen LogP contribution in [0.15, 0.2) is 11.6 Å². The van der Waals surface area contributed by atoms with E-state index in [2.05, 4.69) is 26.8 Å². The van der Waals surface area contributed by atoms with E-state index in [0.717, 1.165) is 24.7 Å². The fourth-order valence-corrected chi connectivity index (χ4v) is 8.06. The second kappa shape index (κ2) is 5.33. The van der Waals surface area contributed by atoms with E-state index in [4.69, 9.17) is 4.74 Å². The summed E-state index contributed by atoms with van der Waals surface area (Å²) in [7, 11) is 0. The molecule has 0 aromatic rings. The molecule has 4 aliphatic carbocycles. The Bertz CT molecular complexity index is 600. The number of hydrogen-bond donors (Lipinski definition) is 2. The van der Waals surface area contributed by atoms with Gasteiger partial charge in [0.2, 0.25) is 0 Å². The van der Waals surface area contributed by atoms with Crippen LogP contribution >= 0.6 is 0 Å². The molecule has 0 radical (unpaired) electrons. The highest BCUT2D eigenvalue weighted by Crippen LogP contribution is 2.70. The summed E-state index contributed by atoms with van der Waals surface area (Å²) < 4.78 is 6.28. The summed E-state index contributed by atoms with van der Waals surface area (Å²) in [4.78, 5) is 0. The van der Waals surface area contributed by atoms with Crippen molar-refractivity contribution in [2.75, 3.05) is 6.61 Å². The number of epoxide rings is 1. The molecule has 0 aromatic carbocycles. The molecular formula is C22H34O3. The summed E-state index contributed by atoms with van der Waals surface area (Å²) in [6.07, 6.45) is 9.79. The zero-order chi connectivity index (χ0) is 17.6. The van der Waals surface area contributed by atoms with Gasteiger partial charge >= 0.3 is 0 Å². The lowest BCUT2D eigenvalue weighted by molar-refractivity contribution is -0.0618. The smallest absolute Gasteiger partial charge is 0.106 e. The lowest BCUT2D eigenvalue weighted by atomic mass is 9.46. The van der Waals surface area contributed by atoms with Gasteiger partial charge < -0.3 is 14.9 Å². The Hall–Kier alpha value is -0.380. The molecule has 1 aliphatic heterocycles. The third-order valence-corrected chi connectivity index (χ3v) is 9.40. The van der Waals surface area contributed by atoms with E-state index >= 15 is 0 Å². The van der Waals surface area contributed by atoms with Crippen LogP contribution in [-0.2, 0) is 4.74 Å². The van der Waals surface area contributed by atoms with Gasteiger partial charge in [-0.3, -0.25) is 0 Å².